The van der Waals surface area contributed by atoms with Crippen molar-refractivity contribution in [2.24, 2.45) is 0 Å². The average molecular weight is 474 g/mol. The third-order valence-corrected chi connectivity index (χ3v) is 8.05. The third kappa shape index (κ3) is 4.41. The SMILES string of the molecule is CCN(CC)CCN(C(=O)c1sc2ccccc2c1Cl)c1nc2cc(OC)ccc2s1. The lowest BCUT2D eigenvalue weighted by molar-refractivity contribution is 0.0988. The van der Waals surface area contributed by atoms with E-state index in [0.29, 0.717) is 21.6 Å². The van der Waals surface area contributed by atoms with E-state index in [2.05, 4.69) is 18.7 Å². The summed E-state index contributed by atoms with van der Waals surface area (Å²) in [6, 6.07) is 13.6. The number of carbonyl (C=O) groups excluding carboxylic acids is 1. The van der Waals surface area contributed by atoms with Gasteiger partial charge in [0.05, 0.1) is 22.3 Å². The lowest BCUT2D eigenvalue weighted by Crippen LogP contribution is -2.38. The lowest BCUT2D eigenvalue weighted by Gasteiger charge is -2.24. The molecule has 5 nitrogen and oxygen atoms in total. The number of anilines is 1. The van der Waals surface area contributed by atoms with E-state index in [0.717, 1.165) is 45.7 Å². The molecule has 0 bridgehead atoms. The molecule has 0 aliphatic rings. The molecule has 8 heteroatoms. The summed E-state index contributed by atoms with van der Waals surface area (Å²) in [5.74, 6) is 0.641. The normalized spacial score (nSPS) is 11.5. The Morgan fingerprint density at radius 3 is 2.55 bits per heavy atom. The molecule has 2 aromatic carbocycles. The molecular formula is C23H24ClN3O2S2. The molecule has 2 heterocycles. The van der Waals surface area contributed by atoms with Gasteiger partial charge in [-0.05, 0) is 31.3 Å². The predicted octanol–water partition coefficient (Wildman–Crippen LogP) is 6.16. The first kappa shape index (κ1) is 22.0. The molecule has 0 radical (unpaired) electrons. The maximum absolute atomic E-state index is 13.7. The molecular weight excluding hydrogens is 450 g/mol. The number of ether oxygens (including phenoxy) is 1. The van der Waals surface area contributed by atoms with Crippen LogP contribution < -0.4 is 9.64 Å². The fraction of sp³-hybridized carbons (Fsp3) is 0.304. The summed E-state index contributed by atoms with van der Waals surface area (Å²) in [6.07, 6.45) is 0. The van der Waals surface area contributed by atoms with Crippen molar-refractivity contribution in [2.75, 3.05) is 38.2 Å². The Kier molecular flexibility index (Phi) is 6.77. The molecule has 4 aromatic rings. The second-order valence-corrected chi connectivity index (χ2v) is 9.49. The van der Waals surface area contributed by atoms with Crippen molar-refractivity contribution in [1.82, 2.24) is 9.88 Å². The second kappa shape index (κ2) is 9.53. The first-order chi connectivity index (χ1) is 15.0. The van der Waals surface area contributed by atoms with Crippen LogP contribution in [0.25, 0.3) is 20.3 Å². The van der Waals surface area contributed by atoms with Crippen molar-refractivity contribution in [2.45, 2.75) is 13.8 Å². The molecule has 1 amide bonds. The summed E-state index contributed by atoms with van der Waals surface area (Å²) in [4.78, 5) is 23.1. The maximum atomic E-state index is 13.7. The molecule has 0 spiro atoms. The number of halogens is 1. The van der Waals surface area contributed by atoms with E-state index in [4.69, 9.17) is 21.3 Å². The summed E-state index contributed by atoms with van der Waals surface area (Å²) in [5, 5.41) is 2.10. The molecule has 0 unspecified atom stereocenters. The number of hydrogen-bond acceptors (Lipinski definition) is 6. The molecule has 0 fully saturated rings. The summed E-state index contributed by atoms with van der Waals surface area (Å²) in [7, 11) is 1.64. The van der Waals surface area contributed by atoms with Crippen LogP contribution in [-0.4, -0.2) is 49.1 Å². The van der Waals surface area contributed by atoms with Crippen LogP contribution in [-0.2, 0) is 0 Å². The molecule has 0 atom stereocenters. The summed E-state index contributed by atoms with van der Waals surface area (Å²) in [6.45, 7) is 7.42. The highest BCUT2D eigenvalue weighted by Gasteiger charge is 2.26. The van der Waals surface area contributed by atoms with Crippen LogP contribution in [0.1, 0.15) is 23.5 Å². The van der Waals surface area contributed by atoms with Crippen LogP contribution >= 0.6 is 34.3 Å². The highest BCUT2D eigenvalue weighted by atomic mass is 35.5. The van der Waals surface area contributed by atoms with Gasteiger partial charge in [-0.15, -0.1) is 11.3 Å². The number of carbonyl (C=O) groups is 1. The molecule has 2 aromatic heterocycles. The lowest BCUT2D eigenvalue weighted by atomic mass is 10.2. The van der Waals surface area contributed by atoms with Gasteiger partial charge in [-0.25, -0.2) is 4.98 Å². The first-order valence-corrected chi connectivity index (χ1v) is 12.2. The number of thiophene rings is 1. The Morgan fingerprint density at radius 2 is 1.84 bits per heavy atom. The maximum Gasteiger partial charge on any atom is 0.271 e. The van der Waals surface area contributed by atoms with Crippen molar-refractivity contribution in [3.63, 3.8) is 0 Å². The number of fused-ring (bicyclic) bond motifs is 2. The van der Waals surface area contributed by atoms with Crippen LogP contribution in [0.4, 0.5) is 5.13 Å². The molecule has 31 heavy (non-hydrogen) atoms. The Balaban J connectivity index is 1.74. The molecule has 0 N–H and O–H groups in total. The first-order valence-electron chi connectivity index (χ1n) is 10.2. The van der Waals surface area contributed by atoms with Gasteiger partial charge >= 0.3 is 0 Å². The fourth-order valence-electron chi connectivity index (χ4n) is 3.48. The summed E-state index contributed by atoms with van der Waals surface area (Å²) in [5.41, 5.74) is 0.822. The van der Waals surface area contributed by atoms with E-state index >= 15 is 0 Å². The number of thiazole rings is 1. The van der Waals surface area contributed by atoms with Crippen molar-refractivity contribution in [1.29, 1.82) is 0 Å². The van der Waals surface area contributed by atoms with Gasteiger partial charge in [0.2, 0.25) is 0 Å². The minimum Gasteiger partial charge on any atom is -0.497 e. The predicted molar refractivity (Wildman–Crippen MR) is 132 cm³/mol. The van der Waals surface area contributed by atoms with E-state index in [1.165, 1.54) is 22.7 Å². The Bertz CT molecular complexity index is 1220. The number of nitrogens with zero attached hydrogens (tertiary/aromatic N) is 3. The van der Waals surface area contributed by atoms with Crippen LogP contribution in [0.3, 0.4) is 0 Å². The Morgan fingerprint density at radius 1 is 1.06 bits per heavy atom. The number of benzene rings is 2. The van der Waals surface area contributed by atoms with Gasteiger partial charge in [-0.3, -0.25) is 9.69 Å². The highest BCUT2D eigenvalue weighted by molar-refractivity contribution is 7.23. The van der Waals surface area contributed by atoms with Crippen LogP contribution in [0.2, 0.25) is 5.02 Å². The van der Waals surface area contributed by atoms with Gasteiger partial charge in [0.25, 0.3) is 5.91 Å². The van der Waals surface area contributed by atoms with Crippen molar-refractivity contribution < 1.29 is 9.53 Å². The monoisotopic (exact) mass is 473 g/mol. The van der Waals surface area contributed by atoms with Gasteiger partial charge in [-0.1, -0.05) is 55.0 Å². The van der Waals surface area contributed by atoms with E-state index in [1.807, 2.05) is 42.5 Å². The minimum absolute atomic E-state index is 0.107. The molecule has 4 rings (SSSR count). The zero-order valence-corrected chi connectivity index (χ0v) is 20.1. The van der Waals surface area contributed by atoms with Gasteiger partial charge in [0.1, 0.15) is 10.6 Å². The molecule has 0 saturated heterocycles. The largest absolute Gasteiger partial charge is 0.497 e. The minimum atomic E-state index is -0.107. The number of likely N-dealkylation sites (N-methyl/N-ethyl adjacent to an activating group) is 1. The van der Waals surface area contributed by atoms with Gasteiger partial charge in [-0.2, -0.15) is 0 Å². The average Bonchev–Trinajstić information content (AvgIpc) is 3.37. The molecule has 0 saturated carbocycles. The van der Waals surface area contributed by atoms with E-state index in [-0.39, 0.29) is 5.91 Å². The van der Waals surface area contributed by atoms with Crippen LogP contribution in [0.15, 0.2) is 42.5 Å². The van der Waals surface area contributed by atoms with Gasteiger partial charge < -0.3 is 9.64 Å². The molecule has 162 valence electrons. The van der Waals surface area contributed by atoms with Crippen molar-refractivity contribution >= 4 is 65.6 Å². The van der Waals surface area contributed by atoms with E-state index in [1.54, 1.807) is 12.0 Å². The van der Waals surface area contributed by atoms with Crippen LogP contribution in [0, 0.1) is 0 Å². The van der Waals surface area contributed by atoms with E-state index < -0.39 is 0 Å². The fourth-order valence-corrected chi connectivity index (χ4v) is 5.91. The zero-order chi connectivity index (χ0) is 22.0. The Hall–Kier alpha value is -2.19. The molecule has 0 aliphatic carbocycles. The smallest absolute Gasteiger partial charge is 0.271 e. The summed E-state index contributed by atoms with van der Waals surface area (Å²) >= 11 is 9.58. The van der Waals surface area contributed by atoms with Gasteiger partial charge in [0, 0.05) is 29.2 Å². The Labute approximate surface area is 194 Å². The van der Waals surface area contributed by atoms with E-state index in [9.17, 15) is 4.79 Å². The highest BCUT2D eigenvalue weighted by Crippen LogP contribution is 2.38. The zero-order valence-electron chi connectivity index (χ0n) is 17.7. The van der Waals surface area contributed by atoms with Crippen molar-refractivity contribution in [3.05, 3.63) is 52.4 Å². The topological polar surface area (TPSA) is 45.7 Å². The number of amides is 1. The number of hydrogen-bond donors (Lipinski definition) is 0. The number of methoxy groups -OCH3 is 1. The number of rotatable bonds is 8. The van der Waals surface area contributed by atoms with Gasteiger partial charge in [0.15, 0.2) is 5.13 Å². The quantitative estimate of drug-likeness (QED) is 0.307. The number of aromatic nitrogens is 1. The summed E-state index contributed by atoms with van der Waals surface area (Å²) < 4.78 is 7.35. The second-order valence-electron chi connectivity index (χ2n) is 7.06. The standard InChI is InChI=1S/C23H24ClN3O2S2/c1-4-26(5-2)12-13-27(23-25-17-14-15(29-3)10-11-19(17)31-23)22(28)21-20(24)16-8-6-7-9-18(16)30-21/h6-11,14H,4-5,12-13H2,1-3H3. The van der Waals surface area contributed by atoms with Crippen LogP contribution in [0.5, 0.6) is 5.75 Å². The van der Waals surface area contributed by atoms with Crippen molar-refractivity contribution in [3.8, 4) is 5.75 Å². The molecule has 0 aliphatic heterocycles. The third-order valence-electron chi connectivity index (χ3n) is 5.32.